The van der Waals surface area contributed by atoms with Gasteiger partial charge in [0.2, 0.25) is 0 Å². The molecule has 0 aliphatic heterocycles. The zero-order valence-corrected chi connectivity index (χ0v) is 21.3. The molecular weight excluding hydrogens is 480 g/mol. The van der Waals surface area contributed by atoms with Crippen molar-refractivity contribution in [1.29, 1.82) is 0 Å². The van der Waals surface area contributed by atoms with Gasteiger partial charge in [0.05, 0.1) is 30.9 Å². The van der Waals surface area contributed by atoms with Crippen molar-refractivity contribution in [2.75, 3.05) is 7.11 Å². The minimum Gasteiger partial charge on any atom is -0.463 e. The molecule has 190 valence electrons. The second-order valence-electron chi connectivity index (χ2n) is 8.19. The summed E-state index contributed by atoms with van der Waals surface area (Å²) in [5.41, 5.74) is 6.62. The fourth-order valence-corrected chi connectivity index (χ4v) is 3.53. The molecule has 2 heterocycles. The molecule has 0 radical (unpaired) electrons. The maximum atomic E-state index is 11.3. The van der Waals surface area contributed by atoms with Crippen molar-refractivity contribution in [2.45, 2.75) is 20.5 Å². The fraction of sp³-hybridized carbons (Fsp3) is 0.138. The van der Waals surface area contributed by atoms with Crippen molar-refractivity contribution < 1.29 is 14.3 Å². The van der Waals surface area contributed by atoms with E-state index < -0.39 is 5.97 Å². The van der Waals surface area contributed by atoms with Crippen LogP contribution in [-0.2, 0) is 11.3 Å². The van der Waals surface area contributed by atoms with Gasteiger partial charge in [0.25, 0.3) is 5.82 Å². The van der Waals surface area contributed by atoms with E-state index in [1.807, 2.05) is 92.7 Å². The van der Waals surface area contributed by atoms with Crippen LogP contribution in [0.4, 0.5) is 0 Å². The van der Waals surface area contributed by atoms with Crippen molar-refractivity contribution in [1.82, 2.24) is 30.4 Å². The Morgan fingerprint density at radius 2 is 1.26 bits per heavy atom. The van der Waals surface area contributed by atoms with E-state index in [9.17, 15) is 4.79 Å². The number of benzene rings is 3. The smallest absolute Gasteiger partial charge is 0.378 e. The van der Waals surface area contributed by atoms with Gasteiger partial charge in [-0.1, -0.05) is 84.0 Å². The molecule has 38 heavy (non-hydrogen) atoms. The number of hydrogen-bond acceptors (Lipinski definition) is 9. The Hall–Kier alpha value is -5.05. The first kappa shape index (κ1) is 26.0. The van der Waals surface area contributed by atoms with E-state index in [2.05, 4.69) is 35.1 Å². The van der Waals surface area contributed by atoms with Gasteiger partial charge in [-0.2, -0.15) is 15.2 Å². The molecule has 0 bridgehead atoms. The summed E-state index contributed by atoms with van der Waals surface area (Å²) < 4.78 is 10.2. The standard InChI is InChI=1S/C17H15N3O.C12H11N3O2/c1-13-7-5-6-10-15(13)16-11-18-20-17(19-16)21-12-14-8-3-2-4-9-14;1-8-5-3-4-6-9(8)10-7-13-15-11(14-10)12(16)17-2/h2-11H,12H2,1H3;3-7H,1-2H3. The summed E-state index contributed by atoms with van der Waals surface area (Å²) in [4.78, 5) is 19.8. The Morgan fingerprint density at radius 3 is 1.87 bits per heavy atom. The number of aryl methyl sites for hydroxylation is 2. The highest BCUT2D eigenvalue weighted by Gasteiger charge is 2.12. The maximum absolute atomic E-state index is 11.3. The monoisotopic (exact) mass is 506 g/mol. The molecule has 0 atom stereocenters. The minimum atomic E-state index is -0.590. The molecule has 5 aromatic rings. The second-order valence-corrected chi connectivity index (χ2v) is 8.19. The molecule has 0 spiro atoms. The summed E-state index contributed by atoms with van der Waals surface area (Å²) in [6.45, 7) is 4.44. The van der Waals surface area contributed by atoms with Crippen LogP contribution < -0.4 is 4.74 Å². The van der Waals surface area contributed by atoms with Gasteiger partial charge in [-0.05, 0) is 30.5 Å². The average Bonchev–Trinajstić information content (AvgIpc) is 2.97. The summed E-state index contributed by atoms with van der Waals surface area (Å²) in [6, 6.07) is 26.0. The first-order chi connectivity index (χ1) is 18.5. The number of aromatic nitrogens is 6. The third-order valence-corrected chi connectivity index (χ3v) is 5.52. The summed E-state index contributed by atoms with van der Waals surface area (Å²) >= 11 is 0. The summed E-state index contributed by atoms with van der Waals surface area (Å²) in [6.07, 6.45) is 3.17. The number of rotatable bonds is 6. The van der Waals surface area contributed by atoms with Crippen LogP contribution in [0.25, 0.3) is 22.5 Å². The summed E-state index contributed by atoms with van der Waals surface area (Å²) in [5, 5.41) is 15.3. The van der Waals surface area contributed by atoms with E-state index in [4.69, 9.17) is 4.74 Å². The lowest BCUT2D eigenvalue weighted by molar-refractivity contribution is 0.0585. The Morgan fingerprint density at radius 1 is 0.711 bits per heavy atom. The predicted molar refractivity (Wildman–Crippen MR) is 142 cm³/mol. The van der Waals surface area contributed by atoms with Crippen molar-refractivity contribution in [2.24, 2.45) is 0 Å². The molecule has 5 rings (SSSR count). The maximum Gasteiger partial charge on any atom is 0.378 e. The van der Waals surface area contributed by atoms with Crippen LogP contribution in [0.1, 0.15) is 27.3 Å². The van der Waals surface area contributed by atoms with Crippen LogP contribution in [-0.4, -0.2) is 43.4 Å². The lowest BCUT2D eigenvalue weighted by atomic mass is 10.1. The highest BCUT2D eigenvalue weighted by Crippen LogP contribution is 2.22. The molecule has 0 saturated carbocycles. The number of ether oxygens (including phenoxy) is 2. The highest BCUT2D eigenvalue weighted by atomic mass is 16.5. The van der Waals surface area contributed by atoms with E-state index >= 15 is 0 Å². The number of methoxy groups -OCH3 is 1. The van der Waals surface area contributed by atoms with Gasteiger partial charge in [0, 0.05) is 11.1 Å². The second kappa shape index (κ2) is 12.8. The molecule has 0 amide bonds. The molecule has 0 N–H and O–H groups in total. The van der Waals surface area contributed by atoms with Crippen LogP contribution in [0.2, 0.25) is 0 Å². The molecule has 0 unspecified atom stereocenters. The number of hydrogen-bond donors (Lipinski definition) is 0. The molecule has 9 heteroatoms. The SMILES string of the molecule is COC(=O)c1nncc(-c2ccccc2C)n1.Cc1ccccc1-c1cnnc(OCc2ccccc2)n1. The third kappa shape index (κ3) is 6.79. The van der Waals surface area contributed by atoms with E-state index in [0.717, 1.165) is 33.5 Å². The number of carbonyl (C=O) groups excluding carboxylic acids is 1. The summed E-state index contributed by atoms with van der Waals surface area (Å²) in [7, 11) is 1.28. The molecule has 0 aliphatic rings. The van der Waals surface area contributed by atoms with E-state index in [-0.39, 0.29) is 5.82 Å². The quantitative estimate of drug-likeness (QED) is 0.292. The predicted octanol–water partition coefficient (Wildman–Crippen LogP) is 5.06. The molecule has 0 saturated heterocycles. The number of nitrogens with zero attached hydrogens (tertiary/aromatic N) is 6. The van der Waals surface area contributed by atoms with Crippen molar-refractivity contribution >= 4 is 5.97 Å². The fourth-order valence-electron chi connectivity index (χ4n) is 3.53. The zero-order chi connectivity index (χ0) is 26.7. The normalized spacial score (nSPS) is 10.2. The van der Waals surface area contributed by atoms with Crippen LogP contribution >= 0.6 is 0 Å². The largest absolute Gasteiger partial charge is 0.463 e. The van der Waals surface area contributed by atoms with Crippen molar-refractivity contribution in [3.8, 4) is 28.5 Å². The van der Waals surface area contributed by atoms with Crippen LogP contribution in [0.5, 0.6) is 6.01 Å². The first-order valence-electron chi connectivity index (χ1n) is 11.8. The highest BCUT2D eigenvalue weighted by molar-refractivity contribution is 5.85. The average molecular weight is 507 g/mol. The Labute approximate surface area is 220 Å². The van der Waals surface area contributed by atoms with Gasteiger partial charge in [-0.15, -0.1) is 5.10 Å². The van der Waals surface area contributed by atoms with Gasteiger partial charge in [0.15, 0.2) is 0 Å². The summed E-state index contributed by atoms with van der Waals surface area (Å²) in [5.74, 6) is -0.624. The van der Waals surface area contributed by atoms with Crippen molar-refractivity contribution in [3.05, 3.63) is 114 Å². The van der Waals surface area contributed by atoms with Gasteiger partial charge >= 0.3 is 12.0 Å². The minimum absolute atomic E-state index is 0.0340. The van der Waals surface area contributed by atoms with E-state index in [1.54, 1.807) is 6.20 Å². The van der Waals surface area contributed by atoms with Crippen LogP contribution in [0.3, 0.4) is 0 Å². The van der Waals surface area contributed by atoms with Gasteiger partial charge in [-0.25, -0.2) is 9.78 Å². The number of esters is 1. The molecule has 0 aliphatic carbocycles. The van der Waals surface area contributed by atoms with Gasteiger partial charge < -0.3 is 9.47 Å². The Kier molecular flexibility index (Phi) is 8.75. The Bertz CT molecular complexity index is 1510. The van der Waals surface area contributed by atoms with Crippen LogP contribution in [0.15, 0.2) is 91.3 Å². The number of carbonyl (C=O) groups is 1. The topological polar surface area (TPSA) is 113 Å². The van der Waals surface area contributed by atoms with Gasteiger partial charge in [-0.3, -0.25) is 0 Å². The molecule has 3 aromatic carbocycles. The zero-order valence-electron chi connectivity index (χ0n) is 21.3. The van der Waals surface area contributed by atoms with Crippen molar-refractivity contribution in [3.63, 3.8) is 0 Å². The Balaban J connectivity index is 0.000000181. The van der Waals surface area contributed by atoms with E-state index in [1.165, 1.54) is 13.3 Å². The lowest BCUT2D eigenvalue weighted by Gasteiger charge is -2.07. The molecule has 9 nitrogen and oxygen atoms in total. The van der Waals surface area contributed by atoms with Crippen LogP contribution in [0, 0.1) is 13.8 Å². The van der Waals surface area contributed by atoms with Gasteiger partial charge in [0.1, 0.15) is 6.61 Å². The lowest BCUT2D eigenvalue weighted by Crippen LogP contribution is -2.09. The molecular formula is C29H26N6O3. The molecule has 2 aromatic heterocycles. The van der Waals surface area contributed by atoms with E-state index in [0.29, 0.717) is 18.3 Å². The third-order valence-electron chi connectivity index (χ3n) is 5.52. The first-order valence-corrected chi connectivity index (χ1v) is 11.8. The molecule has 0 fully saturated rings.